The van der Waals surface area contributed by atoms with E-state index in [0.29, 0.717) is 13.1 Å². The zero-order chi connectivity index (χ0) is 21.4. The van der Waals surface area contributed by atoms with Crippen molar-refractivity contribution in [1.29, 1.82) is 0 Å². The number of alkyl halides is 6. The van der Waals surface area contributed by atoms with Gasteiger partial charge in [0.2, 0.25) is 9.74 Å². The molecule has 1 saturated heterocycles. The molecule has 1 atom stereocenters. The van der Waals surface area contributed by atoms with Gasteiger partial charge in [0.05, 0.1) is 5.56 Å². The van der Waals surface area contributed by atoms with Crippen molar-refractivity contribution in [2.24, 2.45) is 0 Å². The molecule has 29 heavy (non-hydrogen) atoms. The third-order valence-corrected chi connectivity index (χ3v) is 5.24. The van der Waals surface area contributed by atoms with Gasteiger partial charge in [-0.3, -0.25) is 0 Å². The molecule has 1 aliphatic rings. The predicted molar refractivity (Wildman–Crippen MR) is 108 cm³/mol. The van der Waals surface area contributed by atoms with Crippen molar-refractivity contribution >= 4 is 40.8 Å². The second-order valence-corrected chi connectivity index (χ2v) is 9.35. The molecule has 1 aliphatic heterocycles. The summed E-state index contributed by atoms with van der Waals surface area (Å²) in [5.41, 5.74) is -0.641. The van der Waals surface area contributed by atoms with Gasteiger partial charge in [-0.25, -0.2) is 4.98 Å². The van der Waals surface area contributed by atoms with E-state index < -0.39 is 15.5 Å². The first kappa shape index (κ1) is 22.3. The fourth-order valence-electron chi connectivity index (χ4n) is 3.15. The molecular formula is C18H19Cl3F3N5. The minimum Gasteiger partial charge on any atom is -0.339 e. The fourth-order valence-corrected chi connectivity index (χ4v) is 3.41. The van der Waals surface area contributed by atoms with E-state index in [1.165, 1.54) is 12.1 Å². The van der Waals surface area contributed by atoms with Crippen LogP contribution in [0, 0.1) is 0 Å². The van der Waals surface area contributed by atoms with Gasteiger partial charge in [0.15, 0.2) is 11.6 Å². The summed E-state index contributed by atoms with van der Waals surface area (Å²) in [6.45, 7) is 1.34. The Morgan fingerprint density at radius 1 is 1.10 bits per heavy atom. The number of benzene rings is 1. The van der Waals surface area contributed by atoms with Crippen molar-refractivity contribution < 1.29 is 13.2 Å². The number of aromatic nitrogens is 3. The van der Waals surface area contributed by atoms with Crippen LogP contribution >= 0.6 is 34.8 Å². The van der Waals surface area contributed by atoms with Crippen LogP contribution in [0.4, 0.5) is 19.1 Å². The number of nitrogens with zero attached hydrogens (tertiary/aromatic N) is 5. The summed E-state index contributed by atoms with van der Waals surface area (Å²) in [7, 11) is 3.98. The van der Waals surface area contributed by atoms with E-state index in [-0.39, 0.29) is 29.2 Å². The lowest BCUT2D eigenvalue weighted by molar-refractivity contribution is -0.137. The van der Waals surface area contributed by atoms with E-state index in [4.69, 9.17) is 34.8 Å². The smallest absolute Gasteiger partial charge is 0.339 e. The summed E-state index contributed by atoms with van der Waals surface area (Å²) in [6, 6.07) is 5.01. The molecule has 0 amide bonds. The molecule has 11 heteroatoms. The van der Waals surface area contributed by atoms with Gasteiger partial charge in [0.1, 0.15) is 0 Å². The van der Waals surface area contributed by atoms with Crippen LogP contribution < -0.4 is 4.90 Å². The second kappa shape index (κ2) is 8.41. The predicted octanol–water partition coefficient (Wildman–Crippen LogP) is 4.91. The van der Waals surface area contributed by atoms with E-state index >= 15 is 0 Å². The van der Waals surface area contributed by atoms with Gasteiger partial charge in [-0.15, -0.1) is 0 Å². The molecule has 3 rings (SSSR count). The molecule has 2 heterocycles. The summed E-state index contributed by atoms with van der Waals surface area (Å²) in [4.78, 5) is 16.9. The lowest BCUT2D eigenvalue weighted by Gasteiger charge is -2.36. The Kier molecular flexibility index (Phi) is 6.48. The molecule has 158 valence electrons. The van der Waals surface area contributed by atoms with Crippen molar-refractivity contribution in [3.8, 4) is 11.4 Å². The zero-order valence-corrected chi connectivity index (χ0v) is 18.0. The van der Waals surface area contributed by atoms with Gasteiger partial charge in [0.25, 0.3) is 0 Å². The molecule has 0 bridgehead atoms. The van der Waals surface area contributed by atoms with Gasteiger partial charge < -0.3 is 9.80 Å². The third-order valence-electron chi connectivity index (χ3n) is 4.73. The highest BCUT2D eigenvalue weighted by Gasteiger charge is 2.33. The highest BCUT2D eigenvalue weighted by atomic mass is 35.6. The van der Waals surface area contributed by atoms with Crippen LogP contribution in [-0.4, -0.2) is 53.1 Å². The Labute approximate surface area is 181 Å². The minimum atomic E-state index is -4.49. The Morgan fingerprint density at radius 2 is 1.83 bits per heavy atom. The van der Waals surface area contributed by atoms with E-state index in [0.717, 1.165) is 25.0 Å². The maximum absolute atomic E-state index is 13.1. The molecule has 0 N–H and O–H groups in total. The first-order chi connectivity index (χ1) is 13.4. The van der Waals surface area contributed by atoms with Crippen molar-refractivity contribution in [3.63, 3.8) is 0 Å². The molecule has 0 saturated carbocycles. The molecule has 0 aliphatic carbocycles. The van der Waals surface area contributed by atoms with Crippen molar-refractivity contribution in [1.82, 2.24) is 19.9 Å². The van der Waals surface area contributed by atoms with Gasteiger partial charge >= 0.3 is 6.18 Å². The number of hydrogen-bond acceptors (Lipinski definition) is 5. The minimum absolute atomic E-state index is 0.0226. The first-order valence-corrected chi connectivity index (χ1v) is 10.0. The fraction of sp³-hybridized carbons (Fsp3) is 0.500. The normalized spacial score (nSPS) is 18.4. The van der Waals surface area contributed by atoms with Crippen LogP contribution in [0.3, 0.4) is 0 Å². The summed E-state index contributed by atoms with van der Waals surface area (Å²) in [6.07, 6.45) is -2.56. The van der Waals surface area contributed by atoms with Crippen LogP contribution in [-0.2, 0) is 9.97 Å². The summed E-state index contributed by atoms with van der Waals surface area (Å²) < 4.78 is 37.4. The number of halogens is 6. The molecule has 2 aromatic rings. The van der Waals surface area contributed by atoms with Gasteiger partial charge in [-0.1, -0.05) is 46.9 Å². The van der Waals surface area contributed by atoms with E-state index in [1.54, 1.807) is 0 Å². The average Bonchev–Trinajstić information content (AvgIpc) is 2.66. The third kappa shape index (κ3) is 5.42. The van der Waals surface area contributed by atoms with Gasteiger partial charge in [0, 0.05) is 24.7 Å². The van der Waals surface area contributed by atoms with Crippen LogP contribution in [0.15, 0.2) is 24.3 Å². The van der Waals surface area contributed by atoms with E-state index in [9.17, 15) is 13.2 Å². The summed E-state index contributed by atoms with van der Waals surface area (Å²) in [5.74, 6) is 0.168. The van der Waals surface area contributed by atoms with Gasteiger partial charge in [-0.05, 0) is 39.1 Å². The molecule has 1 unspecified atom stereocenters. The topological polar surface area (TPSA) is 45.2 Å². The van der Waals surface area contributed by atoms with Crippen molar-refractivity contribution in [2.45, 2.75) is 28.9 Å². The van der Waals surface area contributed by atoms with E-state index in [2.05, 4.69) is 19.9 Å². The molecular weight excluding hydrogens is 450 g/mol. The van der Waals surface area contributed by atoms with Crippen molar-refractivity contribution in [3.05, 3.63) is 35.7 Å². The maximum atomic E-state index is 13.1. The maximum Gasteiger partial charge on any atom is 0.416 e. The Bertz CT molecular complexity index is 871. The average molecular weight is 469 g/mol. The monoisotopic (exact) mass is 467 g/mol. The number of piperidine rings is 1. The summed E-state index contributed by atoms with van der Waals surface area (Å²) in [5, 5.41) is 0. The summed E-state index contributed by atoms with van der Waals surface area (Å²) >= 11 is 17.9. The number of likely N-dealkylation sites (N-methyl/N-ethyl adjacent to an activating group) is 1. The molecule has 5 nitrogen and oxygen atoms in total. The van der Waals surface area contributed by atoms with Crippen LogP contribution in [0.5, 0.6) is 0 Å². The molecule has 1 aromatic carbocycles. The Balaban J connectivity index is 2.06. The van der Waals surface area contributed by atoms with Gasteiger partial charge in [-0.2, -0.15) is 23.1 Å². The second-order valence-electron chi connectivity index (χ2n) is 7.06. The molecule has 1 fully saturated rings. The van der Waals surface area contributed by atoms with Crippen molar-refractivity contribution in [2.75, 3.05) is 32.1 Å². The largest absolute Gasteiger partial charge is 0.416 e. The molecule has 0 radical (unpaired) electrons. The van der Waals surface area contributed by atoms with Crippen LogP contribution in [0.1, 0.15) is 24.2 Å². The lowest BCUT2D eigenvalue weighted by atomic mass is 10.1. The first-order valence-electron chi connectivity index (χ1n) is 8.87. The SMILES string of the molecule is CN(C)C1CCCN(c2nc(-c3cccc(C(F)(F)F)c3)nc(C(Cl)(Cl)Cl)n2)C1. The Hall–Kier alpha value is -1.35. The number of anilines is 1. The number of hydrogen-bond donors (Lipinski definition) is 0. The highest BCUT2D eigenvalue weighted by molar-refractivity contribution is 6.66. The standard InChI is InChI=1S/C18H19Cl3F3N5/c1-28(2)13-7-4-8-29(10-13)16-26-14(25-15(27-16)17(19,20)21)11-5-3-6-12(9-11)18(22,23)24/h3,5-6,9,13H,4,7-8,10H2,1-2H3. The molecule has 1 aromatic heterocycles. The quantitative estimate of drug-likeness (QED) is 0.599. The van der Waals surface area contributed by atoms with Crippen LogP contribution in [0.25, 0.3) is 11.4 Å². The number of rotatable bonds is 3. The lowest BCUT2D eigenvalue weighted by Crippen LogP contribution is -2.46. The zero-order valence-electron chi connectivity index (χ0n) is 15.7. The highest BCUT2D eigenvalue weighted by Crippen LogP contribution is 2.38. The Morgan fingerprint density at radius 3 is 2.45 bits per heavy atom. The molecule has 0 spiro atoms. The van der Waals surface area contributed by atoms with E-state index in [1.807, 2.05) is 19.0 Å². The van der Waals surface area contributed by atoms with Crippen LogP contribution in [0.2, 0.25) is 0 Å².